The van der Waals surface area contributed by atoms with Gasteiger partial charge in [0, 0.05) is 4.83 Å². The minimum absolute atomic E-state index is 0.472. The highest BCUT2D eigenvalue weighted by atomic mass is 79.9. The molecule has 16 heavy (non-hydrogen) atoms. The fourth-order valence-corrected chi connectivity index (χ4v) is 3.16. The van der Waals surface area contributed by atoms with Gasteiger partial charge in [-0.2, -0.15) is 0 Å². The number of ether oxygens (including phenoxy) is 1. The van der Waals surface area contributed by atoms with Crippen LogP contribution in [0.5, 0.6) is 5.75 Å². The highest BCUT2D eigenvalue weighted by Gasteiger charge is 2.14. The van der Waals surface area contributed by atoms with E-state index in [9.17, 15) is 0 Å². The van der Waals surface area contributed by atoms with Gasteiger partial charge in [0.25, 0.3) is 0 Å². The summed E-state index contributed by atoms with van der Waals surface area (Å²) in [6, 6.07) is 6.61. The van der Waals surface area contributed by atoms with Crippen molar-refractivity contribution in [1.29, 1.82) is 0 Å². The van der Waals surface area contributed by atoms with Crippen molar-refractivity contribution in [3.05, 3.63) is 29.3 Å². The van der Waals surface area contributed by atoms with E-state index in [4.69, 9.17) is 4.74 Å². The third-order valence-corrected chi connectivity index (χ3v) is 3.88. The second kappa shape index (κ2) is 5.22. The van der Waals surface area contributed by atoms with Crippen LogP contribution in [0.4, 0.5) is 0 Å². The summed E-state index contributed by atoms with van der Waals surface area (Å²) in [6.45, 7) is 5.39. The highest BCUT2D eigenvalue weighted by molar-refractivity contribution is 9.09. The van der Waals surface area contributed by atoms with Crippen LogP contribution in [-0.4, -0.2) is 6.61 Å². The normalized spacial score (nSPS) is 16.8. The van der Waals surface area contributed by atoms with E-state index in [1.807, 2.05) is 0 Å². The minimum atomic E-state index is 0.472. The highest BCUT2D eigenvalue weighted by Crippen LogP contribution is 2.34. The van der Waals surface area contributed by atoms with Crippen LogP contribution in [0.1, 0.15) is 42.6 Å². The van der Waals surface area contributed by atoms with Crippen molar-refractivity contribution in [3.8, 4) is 5.75 Å². The number of aryl methyl sites for hydroxylation is 1. The number of alkyl halides is 1. The Morgan fingerprint density at radius 2 is 2.19 bits per heavy atom. The number of halogens is 1. The van der Waals surface area contributed by atoms with Gasteiger partial charge in [-0.05, 0) is 42.4 Å². The fourth-order valence-electron chi connectivity index (χ4n) is 2.13. The molecule has 0 amide bonds. The first-order chi connectivity index (χ1) is 7.66. The molecule has 1 aliphatic rings. The Balaban J connectivity index is 2.16. The second-order valence-corrected chi connectivity index (χ2v) is 6.02. The number of hydrogen-bond acceptors (Lipinski definition) is 1. The smallest absolute Gasteiger partial charge is 0.122 e. The summed E-state index contributed by atoms with van der Waals surface area (Å²) in [7, 11) is 0. The monoisotopic (exact) mass is 282 g/mol. The number of fused-ring (bicyclic) bond motifs is 1. The van der Waals surface area contributed by atoms with Crippen molar-refractivity contribution < 1.29 is 4.74 Å². The third kappa shape index (κ3) is 2.79. The molecule has 0 radical (unpaired) electrons. The molecular formula is C14H19BrO. The lowest BCUT2D eigenvalue weighted by Crippen LogP contribution is -2.09. The van der Waals surface area contributed by atoms with Gasteiger partial charge >= 0.3 is 0 Å². The first-order valence-electron chi connectivity index (χ1n) is 6.06. The second-order valence-electron chi connectivity index (χ2n) is 4.92. The Bertz CT molecular complexity index is 360. The van der Waals surface area contributed by atoms with Crippen molar-refractivity contribution in [1.82, 2.24) is 0 Å². The zero-order valence-electron chi connectivity index (χ0n) is 10.0. The van der Waals surface area contributed by atoms with Gasteiger partial charge in [-0.15, -0.1) is 0 Å². The van der Waals surface area contributed by atoms with E-state index in [1.54, 1.807) is 0 Å². The Morgan fingerprint density at radius 3 is 2.94 bits per heavy atom. The first kappa shape index (κ1) is 12.0. The molecule has 1 aliphatic heterocycles. The summed E-state index contributed by atoms with van der Waals surface area (Å²) < 4.78 is 5.62. The Labute approximate surface area is 106 Å². The van der Waals surface area contributed by atoms with Crippen LogP contribution in [0.3, 0.4) is 0 Å². The van der Waals surface area contributed by atoms with Crippen LogP contribution in [0.15, 0.2) is 18.2 Å². The van der Waals surface area contributed by atoms with Gasteiger partial charge in [0.2, 0.25) is 0 Å². The summed E-state index contributed by atoms with van der Waals surface area (Å²) in [5.74, 6) is 1.80. The fraction of sp³-hybridized carbons (Fsp3) is 0.571. The van der Waals surface area contributed by atoms with Gasteiger partial charge in [-0.1, -0.05) is 41.9 Å². The molecule has 1 aromatic rings. The minimum Gasteiger partial charge on any atom is -0.493 e. The van der Waals surface area contributed by atoms with Crippen molar-refractivity contribution in [2.24, 2.45) is 5.92 Å². The zero-order chi connectivity index (χ0) is 11.5. The molecule has 0 N–H and O–H groups in total. The Kier molecular flexibility index (Phi) is 3.91. The van der Waals surface area contributed by atoms with E-state index in [0.29, 0.717) is 4.83 Å². The van der Waals surface area contributed by atoms with Crippen molar-refractivity contribution in [2.45, 2.75) is 37.9 Å². The molecule has 0 saturated heterocycles. The van der Waals surface area contributed by atoms with Crippen LogP contribution in [-0.2, 0) is 6.42 Å². The largest absolute Gasteiger partial charge is 0.493 e. The summed E-state index contributed by atoms with van der Waals surface area (Å²) in [5.41, 5.74) is 2.76. The van der Waals surface area contributed by atoms with E-state index in [2.05, 4.69) is 48.0 Å². The van der Waals surface area contributed by atoms with Crippen molar-refractivity contribution >= 4 is 15.9 Å². The molecule has 0 fully saturated rings. The standard InChI is InChI=1S/C14H19BrO/c1-10(2)8-13(15)11-5-6-14-12(9-11)4-3-7-16-14/h5-6,9-10,13H,3-4,7-8H2,1-2H3. The third-order valence-electron chi connectivity index (χ3n) is 2.97. The molecule has 0 aliphatic carbocycles. The molecule has 0 aromatic heterocycles. The molecule has 2 rings (SSSR count). The summed E-state index contributed by atoms with van der Waals surface area (Å²) in [5, 5.41) is 0. The predicted molar refractivity (Wildman–Crippen MR) is 71.4 cm³/mol. The van der Waals surface area contributed by atoms with Crippen molar-refractivity contribution in [3.63, 3.8) is 0 Å². The van der Waals surface area contributed by atoms with E-state index in [1.165, 1.54) is 17.5 Å². The lowest BCUT2D eigenvalue weighted by atomic mass is 9.98. The van der Waals surface area contributed by atoms with Gasteiger partial charge in [0.1, 0.15) is 5.75 Å². The van der Waals surface area contributed by atoms with E-state index in [0.717, 1.165) is 31.1 Å². The molecule has 1 aromatic carbocycles. The van der Waals surface area contributed by atoms with E-state index in [-0.39, 0.29) is 0 Å². The maximum absolute atomic E-state index is 5.62. The summed E-state index contributed by atoms with van der Waals surface area (Å²) in [4.78, 5) is 0.472. The van der Waals surface area contributed by atoms with Crippen molar-refractivity contribution in [2.75, 3.05) is 6.61 Å². The van der Waals surface area contributed by atoms with Gasteiger partial charge in [0.15, 0.2) is 0 Å². The molecular weight excluding hydrogens is 264 g/mol. The van der Waals surface area contributed by atoms with Crippen LogP contribution < -0.4 is 4.74 Å². The molecule has 1 unspecified atom stereocenters. The Hall–Kier alpha value is -0.500. The first-order valence-corrected chi connectivity index (χ1v) is 6.98. The average Bonchev–Trinajstić information content (AvgIpc) is 2.27. The zero-order valence-corrected chi connectivity index (χ0v) is 11.6. The van der Waals surface area contributed by atoms with Gasteiger partial charge in [-0.25, -0.2) is 0 Å². The van der Waals surface area contributed by atoms with Gasteiger partial charge in [-0.3, -0.25) is 0 Å². The van der Waals surface area contributed by atoms with Crippen LogP contribution in [0.2, 0.25) is 0 Å². The molecule has 1 atom stereocenters. The molecule has 1 heterocycles. The molecule has 2 heteroatoms. The van der Waals surface area contributed by atoms with E-state index >= 15 is 0 Å². The van der Waals surface area contributed by atoms with Gasteiger partial charge in [0.05, 0.1) is 6.61 Å². The molecule has 0 bridgehead atoms. The van der Waals surface area contributed by atoms with Crippen LogP contribution >= 0.6 is 15.9 Å². The molecule has 1 nitrogen and oxygen atoms in total. The molecule has 88 valence electrons. The summed E-state index contributed by atoms with van der Waals surface area (Å²) >= 11 is 3.77. The topological polar surface area (TPSA) is 9.23 Å². The summed E-state index contributed by atoms with van der Waals surface area (Å²) in [6.07, 6.45) is 3.48. The number of rotatable bonds is 3. The quantitative estimate of drug-likeness (QED) is 0.742. The maximum Gasteiger partial charge on any atom is 0.122 e. The van der Waals surface area contributed by atoms with Crippen LogP contribution in [0, 0.1) is 5.92 Å². The lowest BCUT2D eigenvalue weighted by molar-refractivity contribution is 0.288. The molecule has 0 spiro atoms. The SMILES string of the molecule is CC(C)CC(Br)c1ccc2c(c1)CCCO2. The van der Waals surface area contributed by atoms with Crippen LogP contribution in [0.25, 0.3) is 0 Å². The maximum atomic E-state index is 5.62. The molecule has 0 saturated carbocycles. The van der Waals surface area contributed by atoms with E-state index < -0.39 is 0 Å². The van der Waals surface area contributed by atoms with Gasteiger partial charge < -0.3 is 4.74 Å². The Morgan fingerprint density at radius 1 is 1.38 bits per heavy atom. The number of benzene rings is 1. The average molecular weight is 283 g/mol. The number of hydrogen-bond donors (Lipinski definition) is 0. The lowest BCUT2D eigenvalue weighted by Gasteiger charge is -2.20. The predicted octanol–water partition coefficient (Wildman–Crippen LogP) is 4.49.